The normalized spacial score (nSPS) is 10.9. The van der Waals surface area contributed by atoms with E-state index in [4.69, 9.17) is 16.3 Å². The Morgan fingerprint density at radius 1 is 1.20 bits per heavy atom. The molecule has 0 saturated carbocycles. The van der Waals surface area contributed by atoms with Crippen molar-refractivity contribution in [3.05, 3.63) is 51.7 Å². The molecule has 102 valence electrons. The second kappa shape index (κ2) is 5.38. The summed E-state index contributed by atoms with van der Waals surface area (Å²) in [5, 5.41) is 3.34. The van der Waals surface area contributed by atoms with Gasteiger partial charge in [0.15, 0.2) is 5.82 Å². The lowest BCUT2D eigenvalue weighted by molar-refractivity contribution is 0.294. The van der Waals surface area contributed by atoms with Crippen LogP contribution in [0.15, 0.2) is 29.6 Å². The van der Waals surface area contributed by atoms with Crippen LogP contribution in [0.3, 0.4) is 0 Å². The SMILES string of the molecule is Cc1cccc(OCc2nc(Cl)c3ccsc3n2)c1C. The van der Waals surface area contributed by atoms with Gasteiger partial charge >= 0.3 is 0 Å². The highest BCUT2D eigenvalue weighted by molar-refractivity contribution is 7.16. The lowest BCUT2D eigenvalue weighted by atomic mass is 10.1. The summed E-state index contributed by atoms with van der Waals surface area (Å²) in [4.78, 5) is 9.63. The zero-order chi connectivity index (χ0) is 14.1. The monoisotopic (exact) mass is 304 g/mol. The number of aryl methyl sites for hydroxylation is 1. The minimum Gasteiger partial charge on any atom is -0.485 e. The fourth-order valence-corrected chi connectivity index (χ4v) is 3.04. The minimum atomic E-state index is 0.317. The first-order valence-electron chi connectivity index (χ1n) is 6.24. The fraction of sp³-hybridized carbons (Fsp3) is 0.200. The molecule has 0 spiro atoms. The molecule has 2 heterocycles. The van der Waals surface area contributed by atoms with Gasteiger partial charge in [0.25, 0.3) is 0 Å². The Bertz CT molecular complexity index is 770. The zero-order valence-electron chi connectivity index (χ0n) is 11.2. The average Bonchev–Trinajstić information content (AvgIpc) is 2.89. The number of hydrogen-bond donors (Lipinski definition) is 0. The van der Waals surface area contributed by atoms with Crippen LogP contribution in [-0.2, 0) is 6.61 Å². The smallest absolute Gasteiger partial charge is 0.169 e. The molecule has 0 unspecified atom stereocenters. The zero-order valence-corrected chi connectivity index (χ0v) is 12.8. The largest absolute Gasteiger partial charge is 0.485 e. The Balaban J connectivity index is 1.84. The van der Waals surface area contributed by atoms with Gasteiger partial charge in [0.2, 0.25) is 0 Å². The van der Waals surface area contributed by atoms with E-state index in [-0.39, 0.29) is 0 Å². The van der Waals surface area contributed by atoms with Crippen LogP contribution in [0.25, 0.3) is 10.2 Å². The average molecular weight is 305 g/mol. The molecule has 0 aliphatic rings. The second-order valence-corrected chi connectivity index (χ2v) is 5.81. The van der Waals surface area contributed by atoms with Gasteiger partial charge < -0.3 is 4.74 Å². The summed E-state index contributed by atoms with van der Waals surface area (Å²) < 4.78 is 5.81. The van der Waals surface area contributed by atoms with Gasteiger partial charge in [0.1, 0.15) is 22.3 Å². The van der Waals surface area contributed by atoms with Crippen molar-refractivity contribution in [2.75, 3.05) is 0 Å². The molecular formula is C15H13ClN2OS. The number of rotatable bonds is 3. The number of nitrogens with zero attached hydrogens (tertiary/aromatic N) is 2. The van der Waals surface area contributed by atoms with E-state index < -0.39 is 0 Å². The molecule has 0 atom stereocenters. The van der Waals surface area contributed by atoms with E-state index in [1.165, 1.54) is 5.56 Å². The van der Waals surface area contributed by atoms with Crippen molar-refractivity contribution < 1.29 is 4.74 Å². The molecule has 0 aliphatic carbocycles. The lowest BCUT2D eigenvalue weighted by Crippen LogP contribution is -2.03. The predicted octanol–water partition coefficient (Wildman–Crippen LogP) is 4.54. The first kappa shape index (κ1) is 13.3. The maximum atomic E-state index is 6.14. The van der Waals surface area contributed by atoms with E-state index in [0.29, 0.717) is 17.6 Å². The van der Waals surface area contributed by atoms with Crippen molar-refractivity contribution in [2.24, 2.45) is 0 Å². The second-order valence-electron chi connectivity index (χ2n) is 4.56. The molecule has 3 aromatic rings. The molecule has 3 rings (SSSR count). The van der Waals surface area contributed by atoms with Crippen molar-refractivity contribution in [2.45, 2.75) is 20.5 Å². The van der Waals surface area contributed by atoms with Crippen molar-refractivity contribution in [1.29, 1.82) is 0 Å². The summed E-state index contributed by atoms with van der Waals surface area (Å²) in [6.45, 7) is 4.42. The molecule has 0 N–H and O–H groups in total. The highest BCUT2D eigenvalue weighted by Gasteiger charge is 2.08. The number of fused-ring (bicyclic) bond motifs is 1. The van der Waals surface area contributed by atoms with E-state index in [1.54, 1.807) is 11.3 Å². The number of ether oxygens (including phenoxy) is 1. The number of benzene rings is 1. The summed E-state index contributed by atoms with van der Waals surface area (Å²) in [5.74, 6) is 1.46. The molecular weight excluding hydrogens is 292 g/mol. The summed E-state index contributed by atoms with van der Waals surface area (Å²) in [6.07, 6.45) is 0. The molecule has 2 aromatic heterocycles. The molecule has 20 heavy (non-hydrogen) atoms. The standard InChI is InChI=1S/C15H13ClN2OS/c1-9-4-3-5-12(10(9)2)19-8-13-17-14(16)11-6-7-20-15(11)18-13/h3-7H,8H2,1-2H3. The van der Waals surface area contributed by atoms with Crippen LogP contribution in [0.5, 0.6) is 5.75 Å². The van der Waals surface area contributed by atoms with Crippen LogP contribution in [0.4, 0.5) is 0 Å². The van der Waals surface area contributed by atoms with Gasteiger partial charge in [-0.2, -0.15) is 0 Å². The Morgan fingerprint density at radius 3 is 2.90 bits per heavy atom. The number of hydrogen-bond acceptors (Lipinski definition) is 4. The molecule has 0 fully saturated rings. The molecule has 1 aromatic carbocycles. The summed E-state index contributed by atoms with van der Waals surface area (Å²) in [6, 6.07) is 7.92. The van der Waals surface area contributed by atoms with Crippen LogP contribution < -0.4 is 4.74 Å². The molecule has 3 nitrogen and oxygen atoms in total. The van der Waals surface area contributed by atoms with Crippen molar-refractivity contribution in [3.8, 4) is 5.75 Å². The minimum absolute atomic E-state index is 0.317. The Hall–Kier alpha value is -1.65. The maximum Gasteiger partial charge on any atom is 0.169 e. The summed E-state index contributed by atoms with van der Waals surface area (Å²) in [5.41, 5.74) is 2.34. The van der Waals surface area contributed by atoms with Gasteiger partial charge in [-0.15, -0.1) is 11.3 Å². The lowest BCUT2D eigenvalue weighted by Gasteiger charge is -2.10. The summed E-state index contributed by atoms with van der Waals surface area (Å²) in [7, 11) is 0. The van der Waals surface area contributed by atoms with Crippen molar-refractivity contribution >= 4 is 33.2 Å². The van der Waals surface area contributed by atoms with E-state index in [0.717, 1.165) is 21.5 Å². The van der Waals surface area contributed by atoms with Crippen LogP contribution >= 0.6 is 22.9 Å². The van der Waals surface area contributed by atoms with Crippen molar-refractivity contribution in [3.63, 3.8) is 0 Å². The van der Waals surface area contributed by atoms with E-state index in [2.05, 4.69) is 23.0 Å². The molecule has 0 bridgehead atoms. The molecule has 0 saturated heterocycles. The van der Waals surface area contributed by atoms with Crippen LogP contribution in [0, 0.1) is 13.8 Å². The van der Waals surface area contributed by atoms with Crippen LogP contribution in [-0.4, -0.2) is 9.97 Å². The summed E-state index contributed by atoms with van der Waals surface area (Å²) >= 11 is 7.69. The van der Waals surface area contributed by atoms with Gasteiger partial charge in [-0.05, 0) is 42.5 Å². The molecule has 5 heteroatoms. The fourth-order valence-electron chi connectivity index (χ4n) is 1.95. The van der Waals surface area contributed by atoms with Gasteiger partial charge in [-0.3, -0.25) is 0 Å². The Morgan fingerprint density at radius 2 is 2.05 bits per heavy atom. The third-order valence-corrected chi connectivity index (χ3v) is 4.33. The van der Waals surface area contributed by atoms with Gasteiger partial charge in [-0.25, -0.2) is 9.97 Å². The topological polar surface area (TPSA) is 35.0 Å². The Labute approximate surface area is 126 Å². The first-order chi connectivity index (χ1) is 9.65. The number of thiophene rings is 1. The number of halogens is 1. The van der Waals surface area contributed by atoms with E-state index in [9.17, 15) is 0 Å². The van der Waals surface area contributed by atoms with Gasteiger partial charge in [-0.1, -0.05) is 23.7 Å². The molecule has 0 amide bonds. The Kier molecular flexibility index (Phi) is 3.59. The van der Waals surface area contributed by atoms with E-state index in [1.807, 2.05) is 30.5 Å². The van der Waals surface area contributed by atoms with Gasteiger partial charge in [0.05, 0.1) is 0 Å². The molecule has 0 radical (unpaired) electrons. The van der Waals surface area contributed by atoms with Crippen molar-refractivity contribution in [1.82, 2.24) is 9.97 Å². The third kappa shape index (κ3) is 2.49. The highest BCUT2D eigenvalue weighted by Crippen LogP contribution is 2.26. The van der Waals surface area contributed by atoms with E-state index >= 15 is 0 Å². The third-order valence-electron chi connectivity index (χ3n) is 3.24. The maximum absolute atomic E-state index is 6.14. The van der Waals surface area contributed by atoms with Crippen LogP contribution in [0.1, 0.15) is 17.0 Å². The number of aromatic nitrogens is 2. The highest BCUT2D eigenvalue weighted by atomic mass is 35.5. The molecule has 0 aliphatic heterocycles. The first-order valence-corrected chi connectivity index (χ1v) is 7.49. The quantitative estimate of drug-likeness (QED) is 0.666. The predicted molar refractivity (Wildman–Crippen MR) is 82.7 cm³/mol. The van der Waals surface area contributed by atoms with Gasteiger partial charge in [0, 0.05) is 5.39 Å². The van der Waals surface area contributed by atoms with Crippen LogP contribution in [0.2, 0.25) is 5.15 Å².